The van der Waals surface area contributed by atoms with E-state index in [2.05, 4.69) is 13.5 Å². The molecule has 2 N–H and O–H groups in total. The van der Waals surface area contributed by atoms with Crippen molar-refractivity contribution in [2.75, 3.05) is 13.2 Å². The predicted molar refractivity (Wildman–Crippen MR) is 103 cm³/mol. The Kier molecular flexibility index (Phi) is 5.74. The SMILES string of the molecule is C=C1CC[C@@H]2[C@](C)(CO)[C@H](O)CC[C@]2(C)[C@@H]1C/C=C1\C(=O)OC[C@H]1OC(C)=O. The Morgan fingerprint density at radius 3 is 2.75 bits per heavy atom. The Morgan fingerprint density at radius 2 is 2.11 bits per heavy atom. The van der Waals surface area contributed by atoms with E-state index in [-0.39, 0.29) is 30.5 Å². The van der Waals surface area contributed by atoms with Crippen molar-refractivity contribution in [1.29, 1.82) is 0 Å². The molecular formula is C22H32O6. The second-order valence-corrected chi connectivity index (χ2v) is 9.12. The predicted octanol–water partition coefficient (Wildman–Crippen LogP) is 2.53. The molecule has 6 heteroatoms. The van der Waals surface area contributed by atoms with Gasteiger partial charge in [-0.05, 0) is 49.4 Å². The molecule has 3 aliphatic rings. The highest BCUT2D eigenvalue weighted by atomic mass is 16.6. The number of ether oxygens (including phenoxy) is 2. The van der Waals surface area contributed by atoms with Crippen LogP contribution in [-0.2, 0) is 19.1 Å². The van der Waals surface area contributed by atoms with Crippen LogP contribution in [0, 0.1) is 22.7 Å². The number of hydrogen-bond acceptors (Lipinski definition) is 6. The average molecular weight is 392 g/mol. The van der Waals surface area contributed by atoms with Crippen molar-refractivity contribution in [2.24, 2.45) is 22.7 Å². The Hall–Kier alpha value is -1.66. The quantitative estimate of drug-likeness (QED) is 0.434. The van der Waals surface area contributed by atoms with Crippen LogP contribution in [0.3, 0.4) is 0 Å². The number of aliphatic hydroxyl groups excluding tert-OH is 2. The number of esters is 2. The average Bonchev–Trinajstić information content (AvgIpc) is 2.97. The van der Waals surface area contributed by atoms with Crippen molar-refractivity contribution in [1.82, 2.24) is 0 Å². The van der Waals surface area contributed by atoms with Crippen LogP contribution in [0.1, 0.15) is 52.9 Å². The van der Waals surface area contributed by atoms with E-state index in [4.69, 9.17) is 9.47 Å². The number of fused-ring (bicyclic) bond motifs is 1. The monoisotopic (exact) mass is 392 g/mol. The van der Waals surface area contributed by atoms with Crippen LogP contribution < -0.4 is 0 Å². The number of carbonyl (C=O) groups excluding carboxylic acids is 2. The summed E-state index contributed by atoms with van der Waals surface area (Å²) in [6.45, 7) is 9.84. The third-order valence-corrected chi connectivity index (χ3v) is 7.52. The summed E-state index contributed by atoms with van der Waals surface area (Å²) >= 11 is 0. The summed E-state index contributed by atoms with van der Waals surface area (Å²) in [5.74, 6) is -0.581. The van der Waals surface area contributed by atoms with Gasteiger partial charge in [-0.25, -0.2) is 4.79 Å². The van der Waals surface area contributed by atoms with Gasteiger partial charge in [-0.1, -0.05) is 32.1 Å². The molecule has 1 aliphatic heterocycles. The molecule has 0 spiro atoms. The lowest BCUT2D eigenvalue weighted by atomic mass is 9.46. The van der Waals surface area contributed by atoms with Gasteiger partial charge in [0.25, 0.3) is 0 Å². The Bertz CT molecular complexity index is 697. The summed E-state index contributed by atoms with van der Waals surface area (Å²) in [4.78, 5) is 23.4. The fourth-order valence-electron chi connectivity index (χ4n) is 5.85. The molecule has 0 unspecified atom stereocenters. The van der Waals surface area contributed by atoms with Crippen molar-refractivity contribution in [3.63, 3.8) is 0 Å². The number of carbonyl (C=O) groups is 2. The van der Waals surface area contributed by atoms with Gasteiger partial charge in [-0.2, -0.15) is 0 Å². The van der Waals surface area contributed by atoms with Gasteiger partial charge in [0.15, 0.2) is 6.10 Å². The maximum absolute atomic E-state index is 12.1. The number of cyclic esters (lactones) is 1. The molecule has 0 aromatic heterocycles. The van der Waals surface area contributed by atoms with Crippen LogP contribution >= 0.6 is 0 Å². The summed E-state index contributed by atoms with van der Waals surface area (Å²) < 4.78 is 10.3. The van der Waals surface area contributed by atoms with E-state index in [1.54, 1.807) is 0 Å². The molecular weight excluding hydrogens is 360 g/mol. The van der Waals surface area contributed by atoms with Crippen LogP contribution in [-0.4, -0.2) is 47.6 Å². The van der Waals surface area contributed by atoms with Crippen LogP contribution in [0.5, 0.6) is 0 Å². The standard InChI is InChI=1S/C22H32O6/c1-13-5-8-18-21(3,10-9-19(25)22(18,4)12-23)16(13)7-6-15-17(28-14(2)24)11-27-20(15)26/h6,16-19,23,25H,1,5,7-12H2,2-4H3/b15-6-/t16-,17-,18+,19-,21-,22+/m1/s1. The number of hydrogen-bond donors (Lipinski definition) is 2. The van der Waals surface area contributed by atoms with Crippen molar-refractivity contribution in [2.45, 2.75) is 65.1 Å². The molecule has 2 saturated carbocycles. The number of aliphatic hydroxyl groups is 2. The van der Waals surface area contributed by atoms with E-state index >= 15 is 0 Å². The van der Waals surface area contributed by atoms with Gasteiger partial charge in [0.05, 0.1) is 18.3 Å². The van der Waals surface area contributed by atoms with E-state index in [0.29, 0.717) is 18.4 Å². The largest absolute Gasteiger partial charge is 0.458 e. The van der Waals surface area contributed by atoms with E-state index in [0.717, 1.165) is 24.8 Å². The Morgan fingerprint density at radius 1 is 1.39 bits per heavy atom. The van der Waals surface area contributed by atoms with Crippen molar-refractivity contribution in [3.8, 4) is 0 Å². The lowest BCUT2D eigenvalue weighted by Crippen LogP contribution is -2.57. The van der Waals surface area contributed by atoms with Crippen LogP contribution in [0.25, 0.3) is 0 Å². The van der Waals surface area contributed by atoms with Crippen molar-refractivity contribution in [3.05, 3.63) is 23.8 Å². The van der Waals surface area contributed by atoms with Crippen LogP contribution in [0.4, 0.5) is 0 Å². The van der Waals surface area contributed by atoms with Gasteiger partial charge >= 0.3 is 11.9 Å². The highest BCUT2D eigenvalue weighted by molar-refractivity contribution is 5.92. The number of allylic oxidation sites excluding steroid dienone is 2. The first kappa shape index (κ1) is 21.1. The summed E-state index contributed by atoms with van der Waals surface area (Å²) in [6.07, 6.45) is 4.50. The number of rotatable bonds is 4. The molecule has 0 bridgehead atoms. The molecule has 6 atom stereocenters. The van der Waals surface area contributed by atoms with Crippen LogP contribution in [0.15, 0.2) is 23.8 Å². The molecule has 2 aliphatic carbocycles. The molecule has 156 valence electrons. The zero-order chi connectivity index (χ0) is 20.7. The minimum atomic E-state index is -0.652. The summed E-state index contributed by atoms with van der Waals surface area (Å²) in [6, 6.07) is 0. The molecule has 1 heterocycles. The van der Waals surface area contributed by atoms with Crippen molar-refractivity contribution >= 4 is 11.9 Å². The second-order valence-electron chi connectivity index (χ2n) is 9.12. The van der Waals surface area contributed by atoms with Gasteiger partial charge in [0, 0.05) is 12.3 Å². The fourth-order valence-corrected chi connectivity index (χ4v) is 5.85. The van der Waals surface area contributed by atoms with Gasteiger partial charge < -0.3 is 19.7 Å². The molecule has 0 aromatic carbocycles. The van der Waals surface area contributed by atoms with E-state index < -0.39 is 29.6 Å². The first-order valence-corrected chi connectivity index (χ1v) is 10.1. The van der Waals surface area contributed by atoms with E-state index in [9.17, 15) is 19.8 Å². The second kappa shape index (κ2) is 7.64. The normalized spacial score (nSPS) is 42.2. The van der Waals surface area contributed by atoms with E-state index in [1.807, 2.05) is 13.0 Å². The molecule has 3 fully saturated rings. The maximum Gasteiger partial charge on any atom is 0.337 e. The minimum Gasteiger partial charge on any atom is -0.458 e. The molecule has 0 amide bonds. The third-order valence-electron chi connectivity index (χ3n) is 7.52. The molecule has 6 nitrogen and oxygen atoms in total. The fraction of sp³-hybridized carbons (Fsp3) is 0.727. The Balaban J connectivity index is 1.87. The molecule has 3 rings (SSSR count). The molecule has 28 heavy (non-hydrogen) atoms. The van der Waals surface area contributed by atoms with Gasteiger partial charge in [-0.15, -0.1) is 0 Å². The lowest BCUT2D eigenvalue weighted by molar-refractivity contribution is -0.151. The zero-order valence-corrected chi connectivity index (χ0v) is 17.1. The first-order valence-electron chi connectivity index (χ1n) is 10.1. The highest BCUT2D eigenvalue weighted by Gasteiger charge is 2.57. The van der Waals surface area contributed by atoms with Crippen molar-refractivity contribution < 1.29 is 29.3 Å². The van der Waals surface area contributed by atoms with E-state index in [1.165, 1.54) is 6.92 Å². The highest BCUT2D eigenvalue weighted by Crippen LogP contribution is 2.61. The summed E-state index contributed by atoms with van der Waals surface area (Å²) in [7, 11) is 0. The molecule has 1 saturated heterocycles. The van der Waals surface area contributed by atoms with Crippen LogP contribution in [0.2, 0.25) is 0 Å². The van der Waals surface area contributed by atoms with Gasteiger partial charge in [0.1, 0.15) is 6.61 Å². The maximum atomic E-state index is 12.1. The molecule has 0 aromatic rings. The minimum absolute atomic E-state index is 0.0461. The first-order chi connectivity index (χ1) is 13.1. The molecule has 0 radical (unpaired) electrons. The lowest BCUT2D eigenvalue weighted by Gasteiger charge is -2.59. The smallest absolute Gasteiger partial charge is 0.337 e. The third kappa shape index (κ3) is 3.41. The van der Waals surface area contributed by atoms with Gasteiger partial charge in [-0.3, -0.25) is 4.79 Å². The summed E-state index contributed by atoms with van der Waals surface area (Å²) in [5.41, 5.74) is 0.881. The van der Waals surface area contributed by atoms with Gasteiger partial charge in [0.2, 0.25) is 0 Å². The Labute approximate surface area is 166 Å². The summed E-state index contributed by atoms with van der Waals surface area (Å²) in [5, 5.41) is 20.7. The zero-order valence-electron chi connectivity index (χ0n) is 17.1. The topological polar surface area (TPSA) is 93.1 Å².